The minimum atomic E-state index is -0.134. The molecule has 5 nitrogen and oxygen atoms in total. The number of amides is 1. The third-order valence-corrected chi connectivity index (χ3v) is 4.64. The molecule has 0 bridgehead atoms. The number of hydrogen-bond donors (Lipinski definition) is 1. The van der Waals surface area contributed by atoms with Crippen LogP contribution in [0, 0.1) is 0 Å². The molecule has 0 aliphatic carbocycles. The summed E-state index contributed by atoms with van der Waals surface area (Å²) in [5, 5.41) is 2.94. The number of imidazole rings is 1. The van der Waals surface area contributed by atoms with Crippen molar-refractivity contribution in [3.63, 3.8) is 0 Å². The van der Waals surface area contributed by atoms with Gasteiger partial charge < -0.3 is 9.88 Å². The summed E-state index contributed by atoms with van der Waals surface area (Å²) < 4.78 is 2.14. The first-order chi connectivity index (χ1) is 13.2. The van der Waals surface area contributed by atoms with Crippen molar-refractivity contribution in [2.24, 2.45) is 7.05 Å². The van der Waals surface area contributed by atoms with Gasteiger partial charge in [-0.2, -0.15) is 0 Å². The van der Waals surface area contributed by atoms with E-state index in [1.54, 1.807) is 24.5 Å². The molecule has 0 aliphatic heterocycles. The van der Waals surface area contributed by atoms with Gasteiger partial charge in [-0.05, 0) is 48.4 Å². The maximum atomic E-state index is 12.3. The number of carbonyl (C=O) groups is 1. The normalized spacial score (nSPS) is 10.9. The molecule has 2 heterocycles. The Kier molecular flexibility index (Phi) is 4.66. The van der Waals surface area contributed by atoms with Crippen molar-refractivity contribution < 1.29 is 4.79 Å². The minimum Gasteiger partial charge on any atom is -0.331 e. The van der Waals surface area contributed by atoms with Gasteiger partial charge in [0.2, 0.25) is 0 Å². The van der Waals surface area contributed by atoms with Gasteiger partial charge in [0.05, 0.1) is 11.0 Å². The second-order valence-corrected chi connectivity index (χ2v) is 6.47. The summed E-state index contributed by atoms with van der Waals surface area (Å²) >= 11 is 0. The first kappa shape index (κ1) is 17.0. The fourth-order valence-electron chi connectivity index (χ4n) is 3.19. The molecule has 0 fully saturated rings. The zero-order valence-corrected chi connectivity index (χ0v) is 15.1. The third-order valence-electron chi connectivity index (χ3n) is 4.64. The van der Waals surface area contributed by atoms with E-state index in [1.807, 2.05) is 36.4 Å². The van der Waals surface area contributed by atoms with E-state index in [0.29, 0.717) is 5.56 Å². The van der Waals surface area contributed by atoms with E-state index in [1.165, 1.54) is 0 Å². The number of aromatic nitrogens is 3. The molecule has 27 heavy (non-hydrogen) atoms. The van der Waals surface area contributed by atoms with Gasteiger partial charge in [0, 0.05) is 37.1 Å². The molecule has 0 radical (unpaired) electrons. The van der Waals surface area contributed by atoms with E-state index in [9.17, 15) is 4.79 Å². The maximum Gasteiger partial charge on any atom is 0.255 e. The van der Waals surface area contributed by atoms with E-state index in [0.717, 1.165) is 41.0 Å². The Morgan fingerprint density at radius 2 is 1.81 bits per heavy atom. The summed E-state index contributed by atoms with van der Waals surface area (Å²) in [7, 11) is 2.05. The fraction of sp³-hybridized carbons (Fsp3) is 0.136. The van der Waals surface area contributed by atoms with Gasteiger partial charge in [0.1, 0.15) is 5.82 Å². The average Bonchev–Trinajstić information content (AvgIpc) is 3.03. The molecule has 0 saturated heterocycles. The molecular weight excluding hydrogens is 336 g/mol. The van der Waals surface area contributed by atoms with Crippen LogP contribution in [-0.4, -0.2) is 20.4 Å². The van der Waals surface area contributed by atoms with Crippen molar-refractivity contribution in [1.82, 2.24) is 14.5 Å². The number of hydrogen-bond acceptors (Lipinski definition) is 3. The SMILES string of the molecule is Cn1c(CCc2cccc(NC(=O)c3ccncc3)c2)nc2ccccc21. The molecule has 5 heteroatoms. The monoisotopic (exact) mass is 356 g/mol. The van der Waals surface area contributed by atoms with Crippen LogP contribution in [-0.2, 0) is 19.9 Å². The van der Waals surface area contributed by atoms with Crippen LogP contribution in [0.2, 0.25) is 0 Å². The lowest BCUT2D eigenvalue weighted by molar-refractivity contribution is 0.102. The number of para-hydroxylation sites is 2. The summed E-state index contributed by atoms with van der Waals surface area (Å²) in [5.74, 6) is 0.923. The van der Waals surface area contributed by atoms with Crippen molar-refractivity contribution >= 4 is 22.6 Å². The van der Waals surface area contributed by atoms with Crippen molar-refractivity contribution in [3.05, 3.63) is 90.0 Å². The topological polar surface area (TPSA) is 59.8 Å². The molecule has 2 aromatic carbocycles. The highest BCUT2D eigenvalue weighted by molar-refractivity contribution is 6.04. The smallest absolute Gasteiger partial charge is 0.255 e. The summed E-state index contributed by atoms with van der Waals surface area (Å²) in [6.07, 6.45) is 4.92. The number of benzene rings is 2. The summed E-state index contributed by atoms with van der Waals surface area (Å²) in [5.41, 5.74) is 4.71. The Morgan fingerprint density at radius 1 is 1.00 bits per heavy atom. The number of aryl methyl sites for hydroxylation is 3. The Morgan fingerprint density at radius 3 is 2.63 bits per heavy atom. The third kappa shape index (κ3) is 3.72. The van der Waals surface area contributed by atoms with Crippen molar-refractivity contribution in [2.45, 2.75) is 12.8 Å². The fourth-order valence-corrected chi connectivity index (χ4v) is 3.19. The molecule has 2 aromatic heterocycles. The van der Waals surface area contributed by atoms with Crippen molar-refractivity contribution in [2.75, 3.05) is 5.32 Å². The Bertz CT molecular complexity index is 1090. The van der Waals surface area contributed by atoms with Crippen LogP contribution in [0.25, 0.3) is 11.0 Å². The van der Waals surface area contributed by atoms with Crippen molar-refractivity contribution in [3.8, 4) is 0 Å². The predicted octanol–water partition coefficient (Wildman–Crippen LogP) is 4.01. The lowest BCUT2D eigenvalue weighted by atomic mass is 10.1. The van der Waals surface area contributed by atoms with Crippen LogP contribution in [0.4, 0.5) is 5.69 Å². The Labute approximate surface area is 157 Å². The van der Waals surface area contributed by atoms with Gasteiger partial charge in [-0.1, -0.05) is 24.3 Å². The second kappa shape index (κ2) is 7.41. The van der Waals surface area contributed by atoms with Gasteiger partial charge >= 0.3 is 0 Å². The Hall–Kier alpha value is -3.47. The largest absolute Gasteiger partial charge is 0.331 e. The molecule has 0 saturated carbocycles. The number of anilines is 1. The van der Waals surface area contributed by atoms with Crippen LogP contribution >= 0.6 is 0 Å². The highest BCUT2D eigenvalue weighted by atomic mass is 16.1. The van der Waals surface area contributed by atoms with Gasteiger partial charge in [-0.25, -0.2) is 4.98 Å². The summed E-state index contributed by atoms with van der Waals surface area (Å²) in [6.45, 7) is 0. The average molecular weight is 356 g/mol. The molecule has 4 rings (SSSR count). The standard InChI is InChI=1S/C22H20N4O/c1-26-20-8-3-2-7-19(20)25-21(26)10-9-16-5-4-6-18(15-16)24-22(27)17-11-13-23-14-12-17/h2-8,11-15H,9-10H2,1H3,(H,24,27). The van der Waals surface area contributed by atoms with Crippen LogP contribution < -0.4 is 5.32 Å². The molecule has 0 spiro atoms. The highest BCUT2D eigenvalue weighted by Gasteiger charge is 2.09. The van der Waals surface area contributed by atoms with E-state index < -0.39 is 0 Å². The number of pyridine rings is 1. The summed E-state index contributed by atoms with van der Waals surface area (Å²) in [4.78, 5) is 21.0. The van der Waals surface area contributed by atoms with E-state index in [4.69, 9.17) is 4.98 Å². The Balaban J connectivity index is 1.46. The quantitative estimate of drug-likeness (QED) is 0.588. The summed E-state index contributed by atoms with van der Waals surface area (Å²) in [6, 6.07) is 19.5. The minimum absolute atomic E-state index is 0.134. The zero-order valence-electron chi connectivity index (χ0n) is 15.1. The first-order valence-corrected chi connectivity index (χ1v) is 8.91. The molecule has 4 aromatic rings. The van der Waals surface area contributed by atoms with E-state index in [2.05, 4.69) is 34.0 Å². The molecular formula is C22H20N4O. The molecule has 1 amide bonds. The number of nitrogens with one attached hydrogen (secondary N) is 1. The van der Waals surface area contributed by atoms with Gasteiger partial charge in [-0.3, -0.25) is 9.78 Å². The maximum absolute atomic E-state index is 12.3. The van der Waals surface area contributed by atoms with E-state index in [-0.39, 0.29) is 5.91 Å². The van der Waals surface area contributed by atoms with Gasteiger partial charge in [0.25, 0.3) is 5.91 Å². The first-order valence-electron chi connectivity index (χ1n) is 8.91. The van der Waals surface area contributed by atoms with E-state index >= 15 is 0 Å². The van der Waals surface area contributed by atoms with Gasteiger partial charge in [-0.15, -0.1) is 0 Å². The van der Waals surface area contributed by atoms with Crippen LogP contribution in [0.1, 0.15) is 21.7 Å². The number of fused-ring (bicyclic) bond motifs is 1. The van der Waals surface area contributed by atoms with Crippen molar-refractivity contribution in [1.29, 1.82) is 0 Å². The number of carbonyl (C=O) groups excluding carboxylic acids is 1. The zero-order chi connectivity index (χ0) is 18.6. The lowest BCUT2D eigenvalue weighted by Gasteiger charge is -2.08. The molecule has 1 N–H and O–H groups in total. The number of nitrogens with zero attached hydrogens (tertiary/aromatic N) is 3. The van der Waals surface area contributed by atoms with Crippen LogP contribution in [0.5, 0.6) is 0 Å². The van der Waals surface area contributed by atoms with Crippen LogP contribution in [0.15, 0.2) is 73.1 Å². The molecule has 0 unspecified atom stereocenters. The lowest BCUT2D eigenvalue weighted by Crippen LogP contribution is -2.12. The highest BCUT2D eigenvalue weighted by Crippen LogP contribution is 2.17. The second-order valence-electron chi connectivity index (χ2n) is 6.47. The van der Waals surface area contributed by atoms with Crippen LogP contribution in [0.3, 0.4) is 0 Å². The predicted molar refractivity (Wildman–Crippen MR) is 107 cm³/mol. The number of rotatable bonds is 5. The van der Waals surface area contributed by atoms with Gasteiger partial charge in [0.15, 0.2) is 0 Å². The molecule has 134 valence electrons. The molecule has 0 aliphatic rings. The molecule has 0 atom stereocenters.